The predicted molar refractivity (Wildman–Crippen MR) is 78.6 cm³/mol. The molecule has 0 aromatic carbocycles. The van der Waals surface area contributed by atoms with Gasteiger partial charge >= 0.3 is 5.97 Å². The summed E-state index contributed by atoms with van der Waals surface area (Å²) >= 11 is 1.52. The van der Waals surface area contributed by atoms with E-state index in [4.69, 9.17) is 9.84 Å². The highest BCUT2D eigenvalue weighted by Crippen LogP contribution is 2.22. The van der Waals surface area contributed by atoms with Crippen LogP contribution in [0.4, 0.5) is 5.13 Å². The SMILES string of the molecule is Cc1sc(NCCCN2CCOCC2)nc1CC(=O)O. The number of ether oxygens (including phenoxy) is 1. The van der Waals surface area contributed by atoms with Crippen molar-refractivity contribution in [1.29, 1.82) is 0 Å². The lowest BCUT2D eigenvalue weighted by Crippen LogP contribution is -2.37. The molecule has 1 fully saturated rings. The molecule has 1 aromatic rings. The van der Waals surface area contributed by atoms with Gasteiger partial charge in [-0.1, -0.05) is 0 Å². The minimum Gasteiger partial charge on any atom is -0.481 e. The number of carboxylic acids is 1. The molecule has 0 unspecified atom stereocenters. The molecule has 7 heteroatoms. The van der Waals surface area contributed by atoms with Crippen LogP contribution in [0.3, 0.4) is 0 Å². The number of aliphatic carboxylic acids is 1. The summed E-state index contributed by atoms with van der Waals surface area (Å²) in [7, 11) is 0. The summed E-state index contributed by atoms with van der Waals surface area (Å²) < 4.78 is 5.31. The normalized spacial score (nSPS) is 16.2. The van der Waals surface area contributed by atoms with Gasteiger partial charge in [0, 0.05) is 24.5 Å². The van der Waals surface area contributed by atoms with Crippen LogP contribution in [-0.4, -0.2) is 60.4 Å². The first kappa shape index (κ1) is 15.2. The van der Waals surface area contributed by atoms with E-state index in [2.05, 4.69) is 15.2 Å². The number of carboxylic acid groups (broad SMARTS) is 1. The standard InChI is InChI=1S/C13H21N3O3S/c1-10-11(9-12(17)18)15-13(20-10)14-3-2-4-16-5-7-19-8-6-16/h2-9H2,1H3,(H,14,15)(H,17,18). The Morgan fingerprint density at radius 2 is 2.25 bits per heavy atom. The number of nitrogens with one attached hydrogen (secondary N) is 1. The zero-order valence-electron chi connectivity index (χ0n) is 11.7. The molecular weight excluding hydrogens is 278 g/mol. The van der Waals surface area contributed by atoms with Crippen molar-refractivity contribution >= 4 is 22.4 Å². The number of aromatic nitrogens is 1. The highest BCUT2D eigenvalue weighted by atomic mass is 32.1. The fourth-order valence-corrected chi connectivity index (χ4v) is 2.99. The molecule has 0 atom stereocenters. The fourth-order valence-electron chi connectivity index (χ4n) is 2.13. The van der Waals surface area contributed by atoms with Crippen LogP contribution in [0.25, 0.3) is 0 Å². The average Bonchev–Trinajstić information content (AvgIpc) is 2.76. The summed E-state index contributed by atoms with van der Waals surface area (Å²) in [6, 6.07) is 0. The third-order valence-corrected chi connectivity index (χ3v) is 4.21. The Hall–Kier alpha value is -1.18. The van der Waals surface area contributed by atoms with E-state index in [1.54, 1.807) is 0 Å². The molecule has 2 rings (SSSR count). The number of thiazole rings is 1. The number of hydrogen-bond donors (Lipinski definition) is 2. The summed E-state index contributed by atoms with van der Waals surface area (Å²) in [5.74, 6) is -0.836. The van der Waals surface area contributed by atoms with Crippen LogP contribution in [0.15, 0.2) is 0 Å². The largest absolute Gasteiger partial charge is 0.481 e. The monoisotopic (exact) mass is 299 g/mol. The minimum atomic E-state index is -0.836. The van der Waals surface area contributed by atoms with Crippen molar-refractivity contribution in [3.63, 3.8) is 0 Å². The topological polar surface area (TPSA) is 74.7 Å². The summed E-state index contributed by atoms with van der Waals surface area (Å²) in [5.41, 5.74) is 0.665. The Bertz CT molecular complexity index is 444. The Morgan fingerprint density at radius 3 is 2.95 bits per heavy atom. The van der Waals surface area contributed by atoms with E-state index in [0.29, 0.717) is 5.69 Å². The van der Waals surface area contributed by atoms with Gasteiger partial charge in [0.1, 0.15) is 0 Å². The Balaban J connectivity index is 1.69. The molecule has 0 radical (unpaired) electrons. The van der Waals surface area contributed by atoms with E-state index in [9.17, 15) is 4.79 Å². The van der Waals surface area contributed by atoms with E-state index in [1.165, 1.54) is 11.3 Å². The maximum Gasteiger partial charge on any atom is 0.309 e. The average molecular weight is 299 g/mol. The molecule has 2 heterocycles. The smallest absolute Gasteiger partial charge is 0.309 e. The van der Waals surface area contributed by atoms with Crippen molar-refractivity contribution in [2.24, 2.45) is 0 Å². The number of hydrogen-bond acceptors (Lipinski definition) is 6. The van der Waals surface area contributed by atoms with Crippen molar-refractivity contribution in [2.45, 2.75) is 19.8 Å². The molecule has 1 aliphatic rings. The fraction of sp³-hybridized carbons (Fsp3) is 0.692. The van der Waals surface area contributed by atoms with Gasteiger partial charge in [-0.3, -0.25) is 9.69 Å². The molecular formula is C13H21N3O3S. The molecule has 112 valence electrons. The molecule has 0 aliphatic carbocycles. The first-order valence-corrected chi connectivity index (χ1v) is 7.69. The number of carbonyl (C=O) groups is 1. The summed E-state index contributed by atoms with van der Waals surface area (Å²) in [6.07, 6.45) is 1.05. The molecule has 2 N–H and O–H groups in total. The summed E-state index contributed by atoms with van der Waals surface area (Å²) in [5, 5.41) is 12.9. The van der Waals surface area contributed by atoms with Gasteiger partial charge in [-0.25, -0.2) is 4.98 Å². The van der Waals surface area contributed by atoms with Crippen LogP contribution in [0, 0.1) is 6.92 Å². The molecule has 0 amide bonds. The van der Waals surface area contributed by atoms with Crippen molar-refractivity contribution in [2.75, 3.05) is 44.7 Å². The maximum absolute atomic E-state index is 10.7. The van der Waals surface area contributed by atoms with E-state index >= 15 is 0 Å². The van der Waals surface area contributed by atoms with E-state index in [0.717, 1.165) is 55.8 Å². The molecule has 0 bridgehead atoms. The minimum absolute atomic E-state index is 0.00219. The maximum atomic E-state index is 10.7. The van der Waals surface area contributed by atoms with Gasteiger partial charge in [0.05, 0.1) is 25.3 Å². The molecule has 6 nitrogen and oxygen atoms in total. The van der Waals surface area contributed by atoms with Crippen LogP contribution in [-0.2, 0) is 16.0 Å². The number of morpholine rings is 1. The zero-order valence-corrected chi connectivity index (χ0v) is 12.5. The molecule has 0 saturated carbocycles. The lowest BCUT2D eigenvalue weighted by atomic mass is 10.3. The Morgan fingerprint density at radius 1 is 1.50 bits per heavy atom. The van der Waals surface area contributed by atoms with Crippen molar-refractivity contribution < 1.29 is 14.6 Å². The molecule has 1 aliphatic heterocycles. The van der Waals surface area contributed by atoms with Crippen molar-refractivity contribution in [3.05, 3.63) is 10.6 Å². The van der Waals surface area contributed by atoms with Crippen LogP contribution in [0.2, 0.25) is 0 Å². The number of aryl methyl sites for hydroxylation is 1. The zero-order chi connectivity index (χ0) is 14.4. The third-order valence-electron chi connectivity index (χ3n) is 3.24. The van der Waals surface area contributed by atoms with Gasteiger partial charge in [-0.2, -0.15) is 0 Å². The summed E-state index contributed by atoms with van der Waals surface area (Å²) in [4.78, 5) is 18.4. The molecule has 1 aromatic heterocycles. The number of anilines is 1. The van der Waals surface area contributed by atoms with Gasteiger partial charge in [-0.15, -0.1) is 11.3 Å². The second-order valence-corrected chi connectivity index (χ2v) is 6.03. The van der Waals surface area contributed by atoms with Crippen LogP contribution >= 0.6 is 11.3 Å². The number of rotatable bonds is 7. The van der Waals surface area contributed by atoms with Gasteiger partial charge in [0.25, 0.3) is 0 Å². The van der Waals surface area contributed by atoms with Crippen LogP contribution in [0.5, 0.6) is 0 Å². The van der Waals surface area contributed by atoms with E-state index in [1.807, 2.05) is 6.92 Å². The van der Waals surface area contributed by atoms with Gasteiger partial charge in [0.2, 0.25) is 0 Å². The van der Waals surface area contributed by atoms with Crippen LogP contribution in [0.1, 0.15) is 17.0 Å². The van der Waals surface area contributed by atoms with Gasteiger partial charge in [0.15, 0.2) is 5.13 Å². The van der Waals surface area contributed by atoms with Crippen molar-refractivity contribution in [1.82, 2.24) is 9.88 Å². The molecule has 1 saturated heterocycles. The lowest BCUT2D eigenvalue weighted by Gasteiger charge is -2.26. The molecule has 20 heavy (non-hydrogen) atoms. The van der Waals surface area contributed by atoms with Gasteiger partial charge in [-0.05, 0) is 19.9 Å². The highest BCUT2D eigenvalue weighted by Gasteiger charge is 2.11. The highest BCUT2D eigenvalue weighted by molar-refractivity contribution is 7.15. The number of nitrogens with zero attached hydrogens (tertiary/aromatic N) is 2. The van der Waals surface area contributed by atoms with E-state index in [-0.39, 0.29) is 6.42 Å². The quantitative estimate of drug-likeness (QED) is 0.737. The Labute approximate surface area is 122 Å². The van der Waals surface area contributed by atoms with E-state index < -0.39 is 5.97 Å². The molecule has 0 spiro atoms. The predicted octanol–water partition coefficient (Wildman–Crippen LogP) is 1.21. The lowest BCUT2D eigenvalue weighted by molar-refractivity contribution is -0.136. The van der Waals surface area contributed by atoms with Crippen molar-refractivity contribution in [3.8, 4) is 0 Å². The second kappa shape index (κ2) is 7.56. The first-order chi connectivity index (χ1) is 9.65. The summed E-state index contributed by atoms with van der Waals surface area (Å²) in [6.45, 7) is 7.52. The van der Waals surface area contributed by atoms with Crippen LogP contribution < -0.4 is 5.32 Å². The Kier molecular flexibility index (Phi) is 5.75. The second-order valence-electron chi connectivity index (χ2n) is 4.83. The first-order valence-electron chi connectivity index (χ1n) is 6.87. The third kappa shape index (κ3) is 4.73. The van der Waals surface area contributed by atoms with Gasteiger partial charge < -0.3 is 15.2 Å².